The van der Waals surface area contributed by atoms with Gasteiger partial charge < -0.3 is 18.9 Å². The molecule has 0 saturated carbocycles. The lowest BCUT2D eigenvalue weighted by Crippen LogP contribution is -2.18. The lowest BCUT2D eigenvalue weighted by molar-refractivity contribution is -0.152. The van der Waals surface area contributed by atoms with E-state index in [2.05, 4.69) is 27.7 Å². The van der Waals surface area contributed by atoms with Crippen LogP contribution in [0.4, 0.5) is 0 Å². The summed E-state index contributed by atoms with van der Waals surface area (Å²) in [6, 6.07) is 0. The molecule has 0 heterocycles. The molecule has 0 amide bonds. The molecule has 0 fully saturated rings. The standard InChI is InChI=1S/C20H38O4.C16H30O4/c1-4-6-8-10-12-14-19(21)23-17-16-18(3)24-20(22)15-13-11-9-7-5-2;1-4-6-8-10-15(17)19-13-12-14(3)20-16(18)11-9-7-5-2/h18H,4-17H2,1-3H3;14H,4-13H2,1-3H3/t18-;14-/m00/s1. The lowest BCUT2D eigenvalue weighted by Gasteiger charge is -2.13. The van der Waals surface area contributed by atoms with Crippen LogP contribution in [0.1, 0.15) is 183 Å². The Morgan fingerprint density at radius 2 is 0.682 bits per heavy atom. The summed E-state index contributed by atoms with van der Waals surface area (Å²) in [5.74, 6) is -0.581. The molecule has 0 rings (SSSR count). The van der Waals surface area contributed by atoms with E-state index < -0.39 is 0 Å². The van der Waals surface area contributed by atoms with E-state index in [0.29, 0.717) is 51.7 Å². The molecule has 0 bridgehead atoms. The molecule has 0 radical (unpaired) electrons. The molecule has 0 aliphatic heterocycles. The Morgan fingerprint density at radius 1 is 0.409 bits per heavy atom. The minimum Gasteiger partial charge on any atom is -0.466 e. The molecule has 2 atom stereocenters. The smallest absolute Gasteiger partial charge is 0.306 e. The van der Waals surface area contributed by atoms with Crippen molar-refractivity contribution in [2.45, 2.75) is 195 Å². The van der Waals surface area contributed by atoms with Crippen LogP contribution in [-0.4, -0.2) is 49.3 Å². The van der Waals surface area contributed by atoms with Crippen molar-refractivity contribution >= 4 is 23.9 Å². The van der Waals surface area contributed by atoms with E-state index in [-0.39, 0.29) is 36.1 Å². The van der Waals surface area contributed by atoms with E-state index in [0.717, 1.165) is 64.2 Å². The van der Waals surface area contributed by atoms with Crippen molar-refractivity contribution in [3.8, 4) is 0 Å². The van der Waals surface area contributed by atoms with Crippen LogP contribution < -0.4 is 0 Å². The zero-order chi connectivity index (χ0) is 33.3. The van der Waals surface area contributed by atoms with Crippen LogP contribution in [0.5, 0.6) is 0 Å². The highest BCUT2D eigenvalue weighted by Crippen LogP contribution is 2.10. The van der Waals surface area contributed by atoms with Crippen molar-refractivity contribution in [2.24, 2.45) is 0 Å². The quantitative estimate of drug-likeness (QED) is 0.0479. The average molecular weight is 629 g/mol. The van der Waals surface area contributed by atoms with Gasteiger partial charge in [-0.1, -0.05) is 105 Å². The topological polar surface area (TPSA) is 105 Å². The summed E-state index contributed by atoms with van der Waals surface area (Å²) >= 11 is 0. The van der Waals surface area contributed by atoms with Gasteiger partial charge in [-0.05, 0) is 39.5 Å². The highest BCUT2D eigenvalue weighted by molar-refractivity contribution is 5.70. The fourth-order valence-corrected chi connectivity index (χ4v) is 4.29. The number of hydrogen-bond donors (Lipinski definition) is 0. The third-order valence-corrected chi connectivity index (χ3v) is 7.18. The van der Waals surface area contributed by atoms with Gasteiger partial charge in [0.05, 0.1) is 13.2 Å². The summed E-state index contributed by atoms with van der Waals surface area (Å²) in [4.78, 5) is 46.1. The number of hydrogen-bond acceptors (Lipinski definition) is 8. The first kappa shape index (κ1) is 44.0. The Bertz CT molecular complexity index is 694. The van der Waals surface area contributed by atoms with Crippen LogP contribution in [0.2, 0.25) is 0 Å². The maximum Gasteiger partial charge on any atom is 0.306 e. The molecule has 0 spiro atoms. The van der Waals surface area contributed by atoms with Gasteiger partial charge in [-0.3, -0.25) is 19.2 Å². The summed E-state index contributed by atoms with van der Waals surface area (Å²) in [5, 5.41) is 0. The molecule has 0 unspecified atom stereocenters. The maximum absolute atomic E-state index is 11.7. The van der Waals surface area contributed by atoms with Crippen LogP contribution in [0.15, 0.2) is 0 Å². The highest BCUT2D eigenvalue weighted by Gasteiger charge is 2.12. The molecule has 0 N–H and O–H groups in total. The largest absolute Gasteiger partial charge is 0.466 e. The van der Waals surface area contributed by atoms with Crippen molar-refractivity contribution < 1.29 is 38.1 Å². The second-order valence-electron chi connectivity index (χ2n) is 11.9. The van der Waals surface area contributed by atoms with E-state index in [1.165, 1.54) is 38.5 Å². The van der Waals surface area contributed by atoms with E-state index >= 15 is 0 Å². The number of carbonyl (C=O) groups is 4. The molecular weight excluding hydrogens is 560 g/mol. The molecule has 0 saturated heterocycles. The van der Waals surface area contributed by atoms with Gasteiger partial charge in [-0.25, -0.2) is 0 Å². The van der Waals surface area contributed by atoms with E-state index in [1.807, 2.05) is 13.8 Å². The Kier molecular flexibility index (Phi) is 33.8. The van der Waals surface area contributed by atoms with E-state index in [4.69, 9.17) is 18.9 Å². The summed E-state index contributed by atoms with van der Waals surface area (Å²) in [5.41, 5.74) is 0. The molecule has 260 valence electrons. The second kappa shape index (κ2) is 33.8. The third kappa shape index (κ3) is 34.4. The predicted octanol–water partition coefficient (Wildman–Crippen LogP) is 9.58. The Balaban J connectivity index is 0. The molecule has 8 nitrogen and oxygen atoms in total. The molecular formula is C36H68O8. The van der Waals surface area contributed by atoms with E-state index in [9.17, 15) is 19.2 Å². The van der Waals surface area contributed by atoms with Crippen molar-refractivity contribution in [3.05, 3.63) is 0 Å². The fourth-order valence-electron chi connectivity index (χ4n) is 4.29. The normalized spacial score (nSPS) is 12.0. The summed E-state index contributed by atoms with van der Waals surface area (Å²) in [6.07, 6.45) is 20.0. The third-order valence-electron chi connectivity index (χ3n) is 7.18. The SMILES string of the molecule is CCCCCC(=O)OCC[C@H](C)OC(=O)CCCCC.CCCCCCCC(=O)OCC[C@H](C)OC(=O)CCCCCCC. The van der Waals surface area contributed by atoms with Crippen LogP contribution in [0.3, 0.4) is 0 Å². The van der Waals surface area contributed by atoms with Gasteiger partial charge in [0, 0.05) is 38.5 Å². The molecule has 8 heteroatoms. The number of unbranched alkanes of at least 4 members (excludes halogenated alkanes) is 12. The maximum atomic E-state index is 11.7. The highest BCUT2D eigenvalue weighted by atomic mass is 16.6. The van der Waals surface area contributed by atoms with Crippen LogP contribution in [0.25, 0.3) is 0 Å². The van der Waals surface area contributed by atoms with Crippen LogP contribution in [0, 0.1) is 0 Å². The fraction of sp³-hybridized carbons (Fsp3) is 0.889. The monoisotopic (exact) mass is 628 g/mol. The number of rotatable bonds is 28. The molecule has 0 aliphatic rings. The Labute approximate surface area is 270 Å². The predicted molar refractivity (Wildman–Crippen MR) is 177 cm³/mol. The number of carbonyl (C=O) groups excluding carboxylic acids is 4. The first-order valence-electron chi connectivity index (χ1n) is 17.9. The summed E-state index contributed by atoms with van der Waals surface area (Å²) in [7, 11) is 0. The lowest BCUT2D eigenvalue weighted by atomic mass is 10.1. The molecule has 0 aromatic heterocycles. The van der Waals surface area contributed by atoms with E-state index in [1.54, 1.807) is 0 Å². The van der Waals surface area contributed by atoms with Crippen molar-refractivity contribution in [2.75, 3.05) is 13.2 Å². The number of ether oxygens (including phenoxy) is 4. The van der Waals surface area contributed by atoms with Gasteiger partial charge in [0.25, 0.3) is 0 Å². The Hall–Kier alpha value is -2.12. The van der Waals surface area contributed by atoms with Gasteiger partial charge in [0.2, 0.25) is 0 Å². The molecule has 0 aromatic rings. The average Bonchev–Trinajstić information content (AvgIpc) is 2.97. The Morgan fingerprint density at radius 3 is 1.02 bits per heavy atom. The molecule has 0 aliphatic carbocycles. The van der Waals surface area contributed by atoms with Gasteiger partial charge in [0.15, 0.2) is 0 Å². The molecule has 0 aromatic carbocycles. The van der Waals surface area contributed by atoms with Crippen molar-refractivity contribution in [3.63, 3.8) is 0 Å². The summed E-state index contributed by atoms with van der Waals surface area (Å²) < 4.78 is 20.9. The van der Waals surface area contributed by atoms with Gasteiger partial charge in [-0.2, -0.15) is 0 Å². The second-order valence-corrected chi connectivity index (χ2v) is 11.9. The first-order chi connectivity index (χ1) is 21.2. The zero-order valence-electron chi connectivity index (χ0n) is 29.4. The number of esters is 4. The van der Waals surface area contributed by atoms with Gasteiger partial charge in [-0.15, -0.1) is 0 Å². The van der Waals surface area contributed by atoms with Crippen molar-refractivity contribution in [1.82, 2.24) is 0 Å². The zero-order valence-corrected chi connectivity index (χ0v) is 29.4. The van der Waals surface area contributed by atoms with Gasteiger partial charge >= 0.3 is 23.9 Å². The van der Waals surface area contributed by atoms with Crippen molar-refractivity contribution in [1.29, 1.82) is 0 Å². The first-order valence-corrected chi connectivity index (χ1v) is 17.9. The van der Waals surface area contributed by atoms with Crippen LogP contribution in [-0.2, 0) is 38.1 Å². The minimum atomic E-state index is -0.189. The van der Waals surface area contributed by atoms with Crippen LogP contribution >= 0.6 is 0 Å². The summed E-state index contributed by atoms with van der Waals surface area (Å²) in [6.45, 7) is 12.9. The minimum absolute atomic E-state index is 0.138. The van der Waals surface area contributed by atoms with Gasteiger partial charge in [0.1, 0.15) is 12.2 Å². The molecule has 44 heavy (non-hydrogen) atoms.